The molecule has 112 valence electrons. The van der Waals surface area contributed by atoms with Crippen LogP contribution < -0.4 is 11.1 Å². The first-order valence-electron chi connectivity index (χ1n) is 7.14. The molecule has 1 amide bonds. The summed E-state index contributed by atoms with van der Waals surface area (Å²) in [6.07, 6.45) is 0.828. The minimum absolute atomic E-state index is 0.00526. The lowest BCUT2D eigenvalue weighted by Gasteiger charge is -2.33. The Labute approximate surface area is 119 Å². The van der Waals surface area contributed by atoms with Gasteiger partial charge in [0.15, 0.2) is 0 Å². The van der Waals surface area contributed by atoms with Gasteiger partial charge in [-0.15, -0.1) is 0 Å². The van der Waals surface area contributed by atoms with E-state index in [0.717, 1.165) is 12.0 Å². The SMILES string of the molecule is C=C(C(CN)NC(=O)C(CC)C(C)(C)C)C(C)(C)C. The van der Waals surface area contributed by atoms with Crippen molar-refractivity contribution in [2.45, 2.75) is 60.9 Å². The van der Waals surface area contributed by atoms with E-state index < -0.39 is 0 Å². The molecule has 0 saturated carbocycles. The van der Waals surface area contributed by atoms with Gasteiger partial charge in [0.25, 0.3) is 0 Å². The van der Waals surface area contributed by atoms with Crippen LogP contribution in [0, 0.1) is 16.7 Å². The molecule has 0 rings (SSSR count). The third-order valence-corrected chi connectivity index (χ3v) is 3.71. The summed E-state index contributed by atoms with van der Waals surface area (Å²) in [5.41, 5.74) is 6.68. The van der Waals surface area contributed by atoms with Gasteiger partial charge in [0.05, 0.1) is 6.04 Å². The van der Waals surface area contributed by atoms with Crippen molar-refractivity contribution in [3.8, 4) is 0 Å². The molecule has 0 radical (unpaired) electrons. The Bertz CT molecular complexity index is 321. The van der Waals surface area contributed by atoms with E-state index in [4.69, 9.17) is 5.73 Å². The van der Waals surface area contributed by atoms with Crippen LogP contribution >= 0.6 is 0 Å². The summed E-state index contributed by atoms with van der Waals surface area (Å²) in [6, 6.07) is -0.149. The summed E-state index contributed by atoms with van der Waals surface area (Å²) in [5, 5.41) is 3.07. The van der Waals surface area contributed by atoms with Crippen molar-refractivity contribution in [3.05, 3.63) is 12.2 Å². The van der Waals surface area contributed by atoms with Gasteiger partial charge in [-0.25, -0.2) is 0 Å². The van der Waals surface area contributed by atoms with Crippen molar-refractivity contribution in [3.63, 3.8) is 0 Å². The monoisotopic (exact) mass is 268 g/mol. The number of nitrogens with two attached hydrogens (primary N) is 1. The fraction of sp³-hybridized carbons (Fsp3) is 0.812. The van der Waals surface area contributed by atoms with Crippen LogP contribution in [0.3, 0.4) is 0 Å². The lowest BCUT2D eigenvalue weighted by molar-refractivity contribution is -0.128. The van der Waals surface area contributed by atoms with Crippen LogP contribution in [-0.2, 0) is 4.79 Å². The van der Waals surface area contributed by atoms with Crippen molar-refractivity contribution >= 4 is 5.91 Å². The predicted molar refractivity (Wildman–Crippen MR) is 82.8 cm³/mol. The molecule has 3 heteroatoms. The first-order chi connectivity index (χ1) is 8.45. The van der Waals surface area contributed by atoms with Crippen LogP contribution in [-0.4, -0.2) is 18.5 Å². The third-order valence-electron chi connectivity index (χ3n) is 3.71. The standard InChI is InChI=1S/C16H32N2O/c1-9-12(16(6,7)8)14(19)18-13(10-17)11(2)15(3,4)5/h12-13H,2,9-10,17H2,1,3-8H3,(H,18,19). The highest BCUT2D eigenvalue weighted by atomic mass is 16.2. The molecule has 0 aromatic rings. The second kappa shape index (κ2) is 6.56. The summed E-state index contributed by atoms with van der Waals surface area (Å²) >= 11 is 0. The van der Waals surface area contributed by atoms with Crippen LogP contribution in [0.1, 0.15) is 54.9 Å². The van der Waals surface area contributed by atoms with Crippen LogP contribution in [0.25, 0.3) is 0 Å². The van der Waals surface area contributed by atoms with Gasteiger partial charge in [0, 0.05) is 12.5 Å². The zero-order valence-corrected chi connectivity index (χ0v) is 13.8. The van der Waals surface area contributed by atoms with Crippen molar-refractivity contribution in [1.29, 1.82) is 0 Å². The highest BCUT2D eigenvalue weighted by Gasteiger charge is 2.32. The molecule has 0 aliphatic carbocycles. The number of carbonyl (C=O) groups excluding carboxylic acids is 1. The van der Waals surface area contributed by atoms with Gasteiger partial charge in [0.1, 0.15) is 0 Å². The summed E-state index contributed by atoms with van der Waals surface area (Å²) in [5.74, 6) is 0.0742. The van der Waals surface area contributed by atoms with E-state index in [2.05, 4.69) is 53.4 Å². The van der Waals surface area contributed by atoms with E-state index in [-0.39, 0.29) is 28.7 Å². The largest absolute Gasteiger partial charge is 0.348 e. The molecular weight excluding hydrogens is 236 g/mol. The van der Waals surface area contributed by atoms with Crippen LogP contribution in [0.15, 0.2) is 12.2 Å². The zero-order chi connectivity index (χ0) is 15.4. The Kier molecular flexibility index (Phi) is 6.27. The Morgan fingerprint density at radius 2 is 1.68 bits per heavy atom. The maximum Gasteiger partial charge on any atom is 0.224 e. The number of hydrogen-bond acceptors (Lipinski definition) is 2. The van der Waals surface area contributed by atoms with Gasteiger partial charge in [0.2, 0.25) is 5.91 Å². The molecule has 3 nitrogen and oxygen atoms in total. The van der Waals surface area contributed by atoms with Gasteiger partial charge in [-0.3, -0.25) is 4.79 Å². The second-order valence-electron chi connectivity index (χ2n) is 7.40. The maximum atomic E-state index is 12.4. The number of amides is 1. The molecule has 0 bridgehead atoms. The summed E-state index contributed by atoms with van der Waals surface area (Å²) < 4.78 is 0. The minimum atomic E-state index is -0.149. The molecule has 0 heterocycles. The number of carbonyl (C=O) groups is 1. The smallest absolute Gasteiger partial charge is 0.224 e. The normalized spacial score (nSPS) is 15.8. The van der Waals surface area contributed by atoms with E-state index in [1.807, 2.05) is 6.92 Å². The summed E-state index contributed by atoms with van der Waals surface area (Å²) in [4.78, 5) is 12.4. The molecule has 0 aliphatic heterocycles. The lowest BCUT2D eigenvalue weighted by atomic mass is 9.78. The van der Waals surface area contributed by atoms with E-state index in [1.165, 1.54) is 0 Å². The number of rotatable bonds is 5. The highest BCUT2D eigenvalue weighted by Crippen LogP contribution is 2.30. The van der Waals surface area contributed by atoms with E-state index >= 15 is 0 Å². The van der Waals surface area contributed by atoms with Crippen molar-refractivity contribution in [2.24, 2.45) is 22.5 Å². The Morgan fingerprint density at radius 3 is 1.95 bits per heavy atom. The quantitative estimate of drug-likeness (QED) is 0.753. The molecule has 2 atom stereocenters. The fourth-order valence-corrected chi connectivity index (χ4v) is 2.27. The molecule has 0 spiro atoms. The first kappa shape index (κ1) is 18.2. The van der Waals surface area contributed by atoms with Gasteiger partial charge in [-0.2, -0.15) is 0 Å². The molecule has 0 aliphatic rings. The van der Waals surface area contributed by atoms with Crippen LogP contribution in [0.4, 0.5) is 0 Å². The number of hydrogen-bond donors (Lipinski definition) is 2. The van der Waals surface area contributed by atoms with Crippen molar-refractivity contribution in [1.82, 2.24) is 5.32 Å². The van der Waals surface area contributed by atoms with Crippen LogP contribution in [0.5, 0.6) is 0 Å². The summed E-state index contributed by atoms with van der Waals surface area (Å²) in [7, 11) is 0. The first-order valence-corrected chi connectivity index (χ1v) is 7.14. The predicted octanol–water partition coefficient (Wildman–Crippen LogP) is 3.10. The Hall–Kier alpha value is -0.830. The average Bonchev–Trinajstić information content (AvgIpc) is 2.22. The molecule has 0 saturated heterocycles. The van der Waals surface area contributed by atoms with Gasteiger partial charge >= 0.3 is 0 Å². The van der Waals surface area contributed by atoms with E-state index in [9.17, 15) is 4.79 Å². The fourth-order valence-electron chi connectivity index (χ4n) is 2.27. The van der Waals surface area contributed by atoms with Crippen molar-refractivity contribution < 1.29 is 4.79 Å². The van der Waals surface area contributed by atoms with E-state index in [1.54, 1.807) is 0 Å². The van der Waals surface area contributed by atoms with E-state index in [0.29, 0.717) is 6.54 Å². The summed E-state index contributed by atoms with van der Waals surface area (Å²) in [6.45, 7) is 19.1. The maximum absolute atomic E-state index is 12.4. The lowest BCUT2D eigenvalue weighted by Crippen LogP contribution is -2.48. The zero-order valence-electron chi connectivity index (χ0n) is 13.8. The molecule has 0 aromatic carbocycles. The molecule has 2 unspecified atom stereocenters. The number of nitrogens with one attached hydrogen (secondary N) is 1. The molecule has 19 heavy (non-hydrogen) atoms. The average molecular weight is 268 g/mol. The molecule has 3 N–H and O–H groups in total. The molecule has 0 fully saturated rings. The Balaban J connectivity index is 4.91. The highest BCUT2D eigenvalue weighted by molar-refractivity contribution is 5.80. The molecular formula is C16H32N2O. The van der Waals surface area contributed by atoms with Gasteiger partial charge < -0.3 is 11.1 Å². The van der Waals surface area contributed by atoms with Crippen molar-refractivity contribution in [2.75, 3.05) is 6.54 Å². The Morgan fingerprint density at radius 1 is 1.21 bits per heavy atom. The van der Waals surface area contributed by atoms with Gasteiger partial charge in [-0.05, 0) is 22.8 Å². The minimum Gasteiger partial charge on any atom is -0.348 e. The van der Waals surface area contributed by atoms with Gasteiger partial charge in [-0.1, -0.05) is 55.0 Å². The third kappa shape index (κ3) is 5.35. The topological polar surface area (TPSA) is 55.1 Å². The second-order valence-corrected chi connectivity index (χ2v) is 7.40. The molecule has 0 aromatic heterocycles. The van der Waals surface area contributed by atoms with Crippen LogP contribution in [0.2, 0.25) is 0 Å².